The molecule has 10 heteroatoms. The second kappa shape index (κ2) is 7.82. The summed E-state index contributed by atoms with van der Waals surface area (Å²) in [6.45, 7) is 2.22. The number of nitrogens with two attached hydrogens (primary N) is 1. The van der Waals surface area contributed by atoms with Gasteiger partial charge in [-0.05, 0) is 62.5 Å². The van der Waals surface area contributed by atoms with E-state index in [-0.39, 0.29) is 29.5 Å². The smallest absolute Gasteiger partial charge is 0.334 e. The van der Waals surface area contributed by atoms with Gasteiger partial charge in [0.1, 0.15) is 11.4 Å². The van der Waals surface area contributed by atoms with Crippen molar-refractivity contribution in [2.24, 2.45) is 11.1 Å². The lowest BCUT2D eigenvalue weighted by atomic mass is 9.47. The Bertz CT molecular complexity index is 1290. The molecule has 180 valence electrons. The van der Waals surface area contributed by atoms with Gasteiger partial charge < -0.3 is 16.2 Å². The number of nitrogen functional groups attached to an aromatic ring is 1. The molecule has 3 heterocycles. The lowest BCUT2D eigenvalue weighted by Gasteiger charge is -2.56. The number of fused-ring (bicyclic) bond motifs is 2. The molecule has 34 heavy (non-hydrogen) atoms. The van der Waals surface area contributed by atoms with Crippen LogP contribution in [0.25, 0.3) is 0 Å². The van der Waals surface area contributed by atoms with Crippen molar-refractivity contribution in [1.29, 1.82) is 5.41 Å². The number of anilines is 1. The lowest BCUT2D eigenvalue weighted by Crippen LogP contribution is -2.55. The van der Waals surface area contributed by atoms with Crippen LogP contribution in [0.2, 0.25) is 0 Å². The molecule has 0 atom stereocenters. The summed E-state index contributed by atoms with van der Waals surface area (Å²) in [5.41, 5.74) is 5.05. The van der Waals surface area contributed by atoms with E-state index in [2.05, 4.69) is 10.3 Å². The Balaban J connectivity index is 1.41. The molecule has 0 bridgehead atoms. The van der Waals surface area contributed by atoms with Crippen molar-refractivity contribution in [2.45, 2.75) is 76.3 Å². The van der Waals surface area contributed by atoms with Crippen LogP contribution in [0, 0.1) is 10.8 Å². The monoisotopic (exact) mass is 466 g/mol. The highest BCUT2D eigenvalue weighted by atomic mass is 16.3. The van der Waals surface area contributed by atoms with E-state index in [1.165, 1.54) is 4.57 Å². The Hall–Kier alpha value is -3.43. The van der Waals surface area contributed by atoms with E-state index in [0.717, 1.165) is 35.2 Å². The van der Waals surface area contributed by atoms with Crippen LogP contribution in [0.5, 0.6) is 5.88 Å². The Morgan fingerprint density at radius 3 is 2.65 bits per heavy atom. The van der Waals surface area contributed by atoms with E-state index in [1.807, 2.05) is 19.1 Å². The van der Waals surface area contributed by atoms with Crippen LogP contribution in [0.3, 0.4) is 0 Å². The highest BCUT2D eigenvalue weighted by Crippen LogP contribution is 2.65. The molecular formula is C24H30N6O4. The van der Waals surface area contributed by atoms with E-state index < -0.39 is 28.4 Å². The van der Waals surface area contributed by atoms with E-state index >= 15 is 0 Å². The summed E-state index contributed by atoms with van der Waals surface area (Å²) in [7, 11) is 0. The first kappa shape index (κ1) is 22.4. The van der Waals surface area contributed by atoms with Crippen LogP contribution < -0.4 is 22.3 Å². The maximum Gasteiger partial charge on any atom is 0.334 e. The number of rotatable bonds is 5. The van der Waals surface area contributed by atoms with E-state index in [4.69, 9.17) is 11.1 Å². The SMILES string of the molecule is CCCCn1c(O)c(C(=N)N)c(=O)n(C2CCC3(CC2)CC2(C3)C(=O)Nc3cccnc32)c1=O. The van der Waals surface area contributed by atoms with Crippen LogP contribution >= 0.6 is 0 Å². The molecule has 5 rings (SSSR count). The average Bonchev–Trinajstić information content (AvgIpc) is 3.06. The van der Waals surface area contributed by atoms with E-state index in [1.54, 1.807) is 6.20 Å². The molecule has 0 radical (unpaired) electrons. The molecule has 2 aromatic heterocycles. The summed E-state index contributed by atoms with van der Waals surface area (Å²) >= 11 is 0. The predicted octanol–water partition coefficient (Wildman–Crippen LogP) is 1.98. The maximum atomic E-state index is 13.2. The highest BCUT2D eigenvalue weighted by Gasteiger charge is 2.63. The molecule has 0 unspecified atom stereocenters. The molecule has 2 aliphatic carbocycles. The fourth-order valence-corrected chi connectivity index (χ4v) is 6.35. The number of aromatic hydroxyl groups is 1. The number of unbranched alkanes of at least 4 members (excludes halogenated alkanes) is 1. The van der Waals surface area contributed by atoms with Crippen LogP contribution in [0.15, 0.2) is 27.9 Å². The highest BCUT2D eigenvalue weighted by molar-refractivity contribution is 6.06. The molecule has 1 aliphatic heterocycles. The van der Waals surface area contributed by atoms with Gasteiger partial charge in [-0.2, -0.15) is 0 Å². The third-order valence-corrected chi connectivity index (χ3v) is 8.03. The zero-order valence-corrected chi connectivity index (χ0v) is 19.3. The molecule has 2 saturated carbocycles. The number of nitrogens with one attached hydrogen (secondary N) is 2. The third kappa shape index (κ3) is 3.11. The largest absolute Gasteiger partial charge is 0.494 e. The molecule has 2 fully saturated rings. The number of carbonyl (C=O) groups excluding carboxylic acids is 1. The number of nitrogens with zero attached hydrogens (tertiary/aromatic N) is 3. The molecule has 10 nitrogen and oxygen atoms in total. The summed E-state index contributed by atoms with van der Waals surface area (Å²) in [6.07, 6.45) is 7.39. The second-order valence-corrected chi connectivity index (χ2v) is 10.1. The molecular weight excluding hydrogens is 436 g/mol. The summed E-state index contributed by atoms with van der Waals surface area (Å²) in [6, 6.07) is 3.36. The Kier molecular flexibility index (Phi) is 5.14. The van der Waals surface area contributed by atoms with Crippen LogP contribution in [0.1, 0.15) is 75.6 Å². The van der Waals surface area contributed by atoms with Gasteiger partial charge >= 0.3 is 5.69 Å². The van der Waals surface area contributed by atoms with Crippen LogP contribution in [-0.4, -0.2) is 31.0 Å². The third-order valence-electron chi connectivity index (χ3n) is 8.03. The van der Waals surface area contributed by atoms with Crippen molar-refractivity contribution >= 4 is 17.4 Å². The van der Waals surface area contributed by atoms with Crippen molar-refractivity contribution in [2.75, 3.05) is 5.32 Å². The minimum absolute atomic E-state index is 0.00797. The zero-order valence-electron chi connectivity index (χ0n) is 19.3. The molecule has 0 saturated heterocycles. The van der Waals surface area contributed by atoms with Crippen LogP contribution in [0.4, 0.5) is 5.69 Å². The Morgan fingerprint density at radius 1 is 1.29 bits per heavy atom. The number of hydrogen-bond donors (Lipinski definition) is 4. The first-order valence-electron chi connectivity index (χ1n) is 11.9. The Morgan fingerprint density at radius 2 is 2.00 bits per heavy atom. The number of amidine groups is 1. The van der Waals surface area contributed by atoms with Gasteiger partial charge in [0.05, 0.1) is 16.8 Å². The predicted molar refractivity (Wildman–Crippen MR) is 126 cm³/mol. The Labute approximate surface area is 196 Å². The average molecular weight is 467 g/mol. The first-order chi connectivity index (χ1) is 16.2. The second-order valence-electron chi connectivity index (χ2n) is 10.1. The van der Waals surface area contributed by atoms with Gasteiger partial charge in [-0.15, -0.1) is 0 Å². The van der Waals surface area contributed by atoms with E-state index in [9.17, 15) is 19.5 Å². The van der Waals surface area contributed by atoms with Gasteiger partial charge in [0, 0.05) is 18.8 Å². The van der Waals surface area contributed by atoms with Crippen molar-refractivity contribution in [3.63, 3.8) is 0 Å². The normalized spacial score (nSPS) is 27.4. The number of hydrogen-bond acceptors (Lipinski definition) is 6. The minimum Gasteiger partial charge on any atom is -0.494 e. The summed E-state index contributed by atoms with van der Waals surface area (Å²) in [5.74, 6) is -1.07. The van der Waals surface area contributed by atoms with Gasteiger partial charge in [0.2, 0.25) is 11.8 Å². The fraction of sp³-hybridized carbons (Fsp3) is 0.542. The molecule has 0 aromatic carbocycles. The van der Waals surface area contributed by atoms with Gasteiger partial charge in [-0.1, -0.05) is 13.3 Å². The van der Waals surface area contributed by atoms with Crippen LogP contribution in [-0.2, 0) is 16.8 Å². The molecule has 2 aromatic rings. The lowest BCUT2D eigenvalue weighted by molar-refractivity contribution is -0.132. The summed E-state index contributed by atoms with van der Waals surface area (Å²) in [5, 5.41) is 21.3. The van der Waals surface area contributed by atoms with Gasteiger partial charge in [-0.25, -0.2) is 4.79 Å². The molecule has 2 spiro atoms. The molecule has 3 aliphatic rings. The molecule has 5 N–H and O–H groups in total. The summed E-state index contributed by atoms with van der Waals surface area (Å²) in [4.78, 5) is 43.6. The number of pyridine rings is 1. The van der Waals surface area contributed by atoms with Gasteiger partial charge in [0.25, 0.3) is 5.56 Å². The van der Waals surface area contributed by atoms with Crippen molar-refractivity contribution in [1.82, 2.24) is 14.1 Å². The van der Waals surface area contributed by atoms with Gasteiger partial charge in [-0.3, -0.25) is 29.1 Å². The van der Waals surface area contributed by atoms with Crippen molar-refractivity contribution in [3.8, 4) is 5.88 Å². The van der Waals surface area contributed by atoms with E-state index in [0.29, 0.717) is 32.1 Å². The summed E-state index contributed by atoms with van der Waals surface area (Å²) < 4.78 is 2.35. The number of carbonyl (C=O) groups is 1. The minimum atomic E-state index is -0.706. The number of aromatic nitrogens is 3. The fourth-order valence-electron chi connectivity index (χ4n) is 6.35. The first-order valence-corrected chi connectivity index (χ1v) is 11.9. The van der Waals surface area contributed by atoms with Crippen molar-refractivity contribution < 1.29 is 9.90 Å². The van der Waals surface area contributed by atoms with Crippen molar-refractivity contribution in [3.05, 3.63) is 50.4 Å². The number of amides is 1. The standard InChI is InChI=1S/C24H30N6O4/c1-2-3-11-29-19(31)16(18(25)26)20(32)30(22(29)34)14-6-8-23(9-7-14)12-24(13-23)17-15(28-21(24)33)5-4-10-27-17/h4-5,10,14,31H,2-3,6-9,11-13H2,1H3,(H3,25,26)(H,28,33). The zero-order chi connectivity index (χ0) is 24.3. The van der Waals surface area contributed by atoms with Gasteiger partial charge in [0.15, 0.2) is 0 Å². The maximum absolute atomic E-state index is 13.2. The topological polar surface area (TPSA) is 156 Å². The molecule has 1 amide bonds. The quantitative estimate of drug-likeness (QED) is 0.390.